The highest BCUT2D eigenvalue weighted by atomic mass is 16.5. The highest BCUT2D eigenvalue weighted by Crippen LogP contribution is 2.24. The minimum Gasteiger partial charge on any atom is -0.477 e. The van der Waals surface area contributed by atoms with Gasteiger partial charge in [-0.1, -0.05) is 0 Å². The van der Waals surface area contributed by atoms with Crippen molar-refractivity contribution in [2.75, 3.05) is 20.2 Å². The molecular formula is C16H18N4O3. The summed E-state index contributed by atoms with van der Waals surface area (Å²) in [4.78, 5) is 26.5. The molecule has 3 rings (SSSR count). The molecule has 0 bridgehead atoms. The van der Waals surface area contributed by atoms with E-state index in [2.05, 4.69) is 15.0 Å². The van der Waals surface area contributed by atoms with Gasteiger partial charge in [0.2, 0.25) is 0 Å². The first kappa shape index (κ1) is 15.2. The van der Waals surface area contributed by atoms with Crippen LogP contribution < -0.4 is 9.47 Å². The second-order valence-corrected chi connectivity index (χ2v) is 5.24. The molecule has 23 heavy (non-hydrogen) atoms. The van der Waals surface area contributed by atoms with Crippen LogP contribution in [0.25, 0.3) is 0 Å². The number of hydrogen-bond donors (Lipinski definition) is 0. The number of carbonyl (C=O) groups is 1. The molecule has 0 radical (unpaired) electrons. The number of piperidine rings is 1. The lowest BCUT2D eigenvalue weighted by atomic mass is 10.1. The van der Waals surface area contributed by atoms with Gasteiger partial charge in [-0.2, -0.15) is 0 Å². The highest BCUT2D eigenvalue weighted by Gasteiger charge is 2.26. The van der Waals surface area contributed by atoms with Crippen molar-refractivity contribution >= 4 is 5.91 Å². The molecule has 0 aliphatic carbocycles. The minimum atomic E-state index is -0.125. The molecule has 1 aliphatic heterocycles. The molecule has 2 aromatic heterocycles. The Bertz CT molecular complexity index is 665. The van der Waals surface area contributed by atoms with Crippen molar-refractivity contribution in [1.82, 2.24) is 19.9 Å². The summed E-state index contributed by atoms with van der Waals surface area (Å²) in [5, 5.41) is 0. The van der Waals surface area contributed by atoms with Crippen LogP contribution in [0.2, 0.25) is 0 Å². The summed E-state index contributed by atoms with van der Waals surface area (Å²) >= 11 is 0. The van der Waals surface area contributed by atoms with Gasteiger partial charge >= 0.3 is 0 Å². The van der Waals surface area contributed by atoms with Crippen LogP contribution >= 0.6 is 0 Å². The topological polar surface area (TPSA) is 77.4 Å². The van der Waals surface area contributed by atoms with Crippen molar-refractivity contribution in [3.63, 3.8) is 0 Å². The number of pyridine rings is 1. The van der Waals surface area contributed by atoms with Crippen molar-refractivity contribution in [1.29, 1.82) is 0 Å². The van der Waals surface area contributed by atoms with Gasteiger partial charge in [0.15, 0.2) is 0 Å². The lowest BCUT2D eigenvalue weighted by molar-refractivity contribution is 0.0519. The quantitative estimate of drug-likeness (QED) is 0.852. The van der Waals surface area contributed by atoms with Crippen molar-refractivity contribution in [3.8, 4) is 11.8 Å². The first-order chi connectivity index (χ1) is 11.3. The van der Waals surface area contributed by atoms with Gasteiger partial charge in [0, 0.05) is 36.9 Å². The van der Waals surface area contributed by atoms with Crippen LogP contribution in [-0.2, 0) is 0 Å². The summed E-state index contributed by atoms with van der Waals surface area (Å²) in [6.45, 7) is 1.24. The molecule has 7 heteroatoms. The van der Waals surface area contributed by atoms with E-state index in [0.717, 1.165) is 19.4 Å². The number of nitrogens with zero attached hydrogens (tertiary/aromatic N) is 4. The van der Waals surface area contributed by atoms with Gasteiger partial charge in [-0.25, -0.2) is 9.97 Å². The Balaban J connectivity index is 1.68. The second-order valence-electron chi connectivity index (χ2n) is 5.24. The Morgan fingerprint density at radius 1 is 1.17 bits per heavy atom. The van der Waals surface area contributed by atoms with Gasteiger partial charge in [0.25, 0.3) is 17.7 Å². The van der Waals surface area contributed by atoms with Crippen LogP contribution in [0.5, 0.6) is 11.8 Å². The molecule has 3 heterocycles. The van der Waals surface area contributed by atoms with E-state index in [1.807, 2.05) is 0 Å². The van der Waals surface area contributed by atoms with Gasteiger partial charge in [-0.05, 0) is 25.0 Å². The van der Waals surface area contributed by atoms with E-state index in [1.54, 1.807) is 41.8 Å². The highest BCUT2D eigenvalue weighted by molar-refractivity contribution is 5.94. The lowest BCUT2D eigenvalue weighted by Crippen LogP contribution is -2.44. The Hall–Kier alpha value is -2.70. The molecule has 0 saturated carbocycles. The van der Waals surface area contributed by atoms with Gasteiger partial charge in [0.1, 0.15) is 6.10 Å². The summed E-state index contributed by atoms with van der Waals surface area (Å²) in [6.07, 6.45) is 7.96. The summed E-state index contributed by atoms with van der Waals surface area (Å²) in [7, 11) is 1.52. The molecule has 0 unspecified atom stereocenters. The first-order valence-electron chi connectivity index (χ1n) is 7.49. The van der Waals surface area contributed by atoms with Crippen LogP contribution in [0.3, 0.4) is 0 Å². The number of methoxy groups -OCH3 is 1. The standard InChI is InChI=1S/C16H18N4O3/c1-22-14-15(19-9-8-18-14)23-13-3-2-10-20(11-13)16(21)12-4-6-17-7-5-12/h4-9,13H,2-3,10-11H2,1H3/t13-/m1/s1. The number of hydrogen-bond acceptors (Lipinski definition) is 6. The van der Waals surface area contributed by atoms with E-state index in [4.69, 9.17) is 9.47 Å². The van der Waals surface area contributed by atoms with Crippen LogP contribution in [-0.4, -0.2) is 52.1 Å². The van der Waals surface area contributed by atoms with Crippen molar-refractivity contribution in [2.45, 2.75) is 18.9 Å². The normalized spacial score (nSPS) is 17.6. The Labute approximate surface area is 134 Å². The maximum Gasteiger partial charge on any atom is 0.278 e. The number of amides is 1. The van der Waals surface area contributed by atoms with Crippen LogP contribution in [0.1, 0.15) is 23.2 Å². The van der Waals surface area contributed by atoms with Gasteiger partial charge < -0.3 is 14.4 Å². The smallest absolute Gasteiger partial charge is 0.278 e. The molecular weight excluding hydrogens is 296 g/mol. The molecule has 1 aliphatic rings. The summed E-state index contributed by atoms with van der Waals surface area (Å²) < 4.78 is 11.0. The average Bonchev–Trinajstić information content (AvgIpc) is 2.62. The van der Waals surface area contributed by atoms with Gasteiger partial charge in [0.05, 0.1) is 13.7 Å². The van der Waals surface area contributed by atoms with Crippen LogP contribution in [0, 0.1) is 0 Å². The third kappa shape index (κ3) is 3.56. The summed E-state index contributed by atoms with van der Waals surface area (Å²) in [6, 6.07) is 3.44. The molecule has 1 amide bonds. The zero-order valence-electron chi connectivity index (χ0n) is 12.9. The largest absolute Gasteiger partial charge is 0.477 e. The fourth-order valence-corrected chi connectivity index (χ4v) is 2.59. The van der Waals surface area contributed by atoms with E-state index in [1.165, 1.54) is 7.11 Å². The minimum absolute atomic E-state index is 0.00758. The van der Waals surface area contributed by atoms with E-state index < -0.39 is 0 Å². The Kier molecular flexibility index (Phi) is 4.65. The number of rotatable bonds is 4. The van der Waals surface area contributed by atoms with Gasteiger partial charge in [-0.15, -0.1) is 0 Å². The van der Waals surface area contributed by atoms with Gasteiger partial charge in [-0.3, -0.25) is 9.78 Å². The lowest BCUT2D eigenvalue weighted by Gasteiger charge is -2.32. The van der Waals surface area contributed by atoms with Crippen LogP contribution in [0.15, 0.2) is 36.9 Å². The van der Waals surface area contributed by atoms with E-state index in [9.17, 15) is 4.79 Å². The zero-order chi connectivity index (χ0) is 16.1. The molecule has 1 saturated heterocycles. The number of aromatic nitrogens is 3. The first-order valence-corrected chi connectivity index (χ1v) is 7.49. The fourth-order valence-electron chi connectivity index (χ4n) is 2.59. The van der Waals surface area contributed by atoms with E-state index in [-0.39, 0.29) is 12.0 Å². The molecule has 2 aromatic rings. The Morgan fingerprint density at radius 3 is 2.65 bits per heavy atom. The zero-order valence-corrected chi connectivity index (χ0v) is 12.9. The third-order valence-electron chi connectivity index (χ3n) is 3.70. The molecule has 1 atom stereocenters. The maximum atomic E-state index is 12.5. The fraction of sp³-hybridized carbons (Fsp3) is 0.375. The maximum absolute atomic E-state index is 12.5. The van der Waals surface area contributed by atoms with Crippen molar-refractivity contribution < 1.29 is 14.3 Å². The second kappa shape index (κ2) is 7.04. The summed E-state index contributed by atoms with van der Waals surface area (Å²) in [5.74, 6) is 0.704. The molecule has 0 aromatic carbocycles. The molecule has 120 valence electrons. The van der Waals surface area contributed by atoms with E-state index >= 15 is 0 Å². The molecule has 7 nitrogen and oxygen atoms in total. The molecule has 0 N–H and O–H groups in total. The number of likely N-dealkylation sites (tertiary alicyclic amines) is 1. The van der Waals surface area contributed by atoms with Crippen LogP contribution in [0.4, 0.5) is 0 Å². The molecule has 0 spiro atoms. The number of carbonyl (C=O) groups excluding carboxylic acids is 1. The van der Waals surface area contributed by atoms with Crippen molar-refractivity contribution in [2.24, 2.45) is 0 Å². The monoisotopic (exact) mass is 314 g/mol. The predicted molar refractivity (Wildman–Crippen MR) is 82.4 cm³/mol. The van der Waals surface area contributed by atoms with Crippen molar-refractivity contribution in [3.05, 3.63) is 42.5 Å². The SMILES string of the molecule is COc1nccnc1O[C@@H]1CCCN(C(=O)c2ccncc2)C1. The Morgan fingerprint density at radius 2 is 1.91 bits per heavy atom. The average molecular weight is 314 g/mol. The third-order valence-corrected chi connectivity index (χ3v) is 3.70. The molecule has 1 fully saturated rings. The van der Waals surface area contributed by atoms with E-state index in [0.29, 0.717) is 23.9 Å². The number of ether oxygens (including phenoxy) is 2. The summed E-state index contributed by atoms with van der Waals surface area (Å²) in [5.41, 5.74) is 0.637. The predicted octanol–water partition coefficient (Wildman–Crippen LogP) is 1.56.